The zero-order valence-electron chi connectivity index (χ0n) is 26.8. The Morgan fingerprint density at radius 1 is 1.22 bits per heavy atom. The summed E-state index contributed by atoms with van der Waals surface area (Å²) in [5.41, 5.74) is -1.53. The molecule has 3 N–H and O–H groups in total. The van der Waals surface area contributed by atoms with E-state index < -0.39 is 78.5 Å². The van der Waals surface area contributed by atoms with Gasteiger partial charge in [0.25, 0.3) is 0 Å². The number of pyridine rings is 1. The topological polar surface area (TPSA) is 156 Å². The lowest BCUT2D eigenvalue weighted by Crippen LogP contribution is -2.53. The second kappa shape index (κ2) is 14.9. The maximum absolute atomic E-state index is 14.7. The number of aliphatic carboxylic acids is 1. The molecule has 266 valence electrons. The van der Waals surface area contributed by atoms with E-state index in [4.69, 9.17) is 14.2 Å². The van der Waals surface area contributed by atoms with Crippen molar-refractivity contribution in [2.45, 2.75) is 88.2 Å². The smallest absolute Gasteiger partial charge is 0.407 e. The van der Waals surface area contributed by atoms with Crippen LogP contribution in [0.3, 0.4) is 0 Å². The van der Waals surface area contributed by atoms with Gasteiger partial charge in [0.2, 0.25) is 17.7 Å². The lowest BCUT2D eigenvalue weighted by Gasteiger charge is -2.27. The number of carbonyl (C=O) groups is 4. The third kappa shape index (κ3) is 8.70. The number of alkyl halides is 3. The molecule has 0 bridgehead atoms. The molecule has 1 saturated carbocycles. The third-order valence-corrected chi connectivity index (χ3v) is 8.85. The lowest BCUT2D eigenvalue weighted by atomic mass is 10.0. The van der Waals surface area contributed by atoms with Gasteiger partial charge in [-0.3, -0.25) is 9.59 Å². The molecule has 1 saturated heterocycles. The summed E-state index contributed by atoms with van der Waals surface area (Å²) in [6, 6.07) is 3.80. The predicted octanol–water partition coefficient (Wildman–Crippen LogP) is 4.65. The average molecular weight is 695 g/mol. The maximum Gasteiger partial charge on any atom is 0.407 e. The van der Waals surface area contributed by atoms with Crippen LogP contribution in [0.5, 0.6) is 11.6 Å². The van der Waals surface area contributed by atoms with E-state index in [0.717, 1.165) is 0 Å². The number of nitrogens with zero attached hydrogens (tertiary/aromatic N) is 2. The number of rotatable bonds is 8. The zero-order valence-corrected chi connectivity index (χ0v) is 26.8. The molecule has 49 heavy (non-hydrogen) atoms. The molecular formula is C33H38F4N4O8. The monoisotopic (exact) mass is 694 g/mol. The molecule has 1 aromatic heterocycles. The number of fused-ring (bicyclic) bond motifs is 3. The van der Waals surface area contributed by atoms with Gasteiger partial charge in [-0.05, 0) is 44.7 Å². The summed E-state index contributed by atoms with van der Waals surface area (Å²) in [5.74, 6) is -3.24. The average Bonchev–Trinajstić information content (AvgIpc) is 3.55. The van der Waals surface area contributed by atoms with E-state index in [1.807, 2.05) is 6.08 Å². The SMILES string of the molecule is CCOc1cc(O[C@@H]2C[C@H]3C(=O)N[C@]4(C(=O)O)C[C@@H]4/C=C\CCCC[C@H](NC(=O)OCCC(F)(F)F)CC(=O)N3C2)c2cccc(F)c2n1. The molecule has 3 heterocycles. The van der Waals surface area contributed by atoms with Gasteiger partial charge in [0, 0.05) is 36.3 Å². The van der Waals surface area contributed by atoms with Gasteiger partial charge >= 0.3 is 18.2 Å². The normalized spacial score (nSPS) is 26.8. The van der Waals surface area contributed by atoms with Crippen LogP contribution >= 0.6 is 0 Å². The highest BCUT2D eigenvalue weighted by Crippen LogP contribution is 2.45. The Kier molecular flexibility index (Phi) is 10.8. The summed E-state index contributed by atoms with van der Waals surface area (Å²) >= 11 is 0. The summed E-state index contributed by atoms with van der Waals surface area (Å²) in [4.78, 5) is 57.8. The predicted molar refractivity (Wildman–Crippen MR) is 165 cm³/mol. The summed E-state index contributed by atoms with van der Waals surface area (Å²) < 4.78 is 68.9. The van der Waals surface area contributed by atoms with Crippen molar-refractivity contribution in [3.05, 3.63) is 42.2 Å². The Morgan fingerprint density at radius 3 is 2.76 bits per heavy atom. The van der Waals surface area contributed by atoms with Gasteiger partial charge in [-0.25, -0.2) is 19.0 Å². The number of ether oxygens (including phenoxy) is 3. The van der Waals surface area contributed by atoms with Gasteiger partial charge in [0.15, 0.2) is 0 Å². The van der Waals surface area contributed by atoms with Crippen molar-refractivity contribution in [2.75, 3.05) is 19.8 Å². The molecule has 12 nitrogen and oxygen atoms in total. The highest BCUT2D eigenvalue weighted by Gasteiger charge is 2.61. The van der Waals surface area contributed by atoms with Gasteiger partial charge in [-0.1, -0.05) is 24.6 Å². The number of benzene rings is 1. The second-order valence-electron chi connectivity index (χ2n) is 12.4. The third-order valence-electron chi connectivity index (χ3n) is 8.85. The number of carbonyl (C=O) groups excluding carboxylic acids is 3. The van der Waals surface area contributed by atoms with Crippen LogP contribution in [0.25, 0.3) is 10.9 Å². The number of nitrogens with one attached hydrogen (secondary N) is 2. The van der Waals surface area contributed by atoms with Crippen LogP contribution < -0.4 is 20.1 Å². The Morgan fingerprint density at radius 2 is 2.02 bits per heavy atom. The number of aromatic nitrogens is 1. The molecule has 0 unspecified atom stereocenters. The molecule has 0 radical (unpaired) electrons. The minimum Gasteiger partial charge on any atom is -0.488 e. The second-order valence-corrected chi connectivity index (χ2v) is 12.4. The molecule has 2 fully saturated rings. The number of hydrogen-bond acceptors (Lipinski definition) is 8. The molecule has 5 rings (SSSR count). The number of halogens is 4. The molecule has 2 aromatic rings. The molecule has 1 aliphatic carbocycles. The van der Waals surface area contributed by atoms with E-state index in [1.165, 1.54) is 23.1 Å². The van der Waals surface area contributed by atoms with Gasteiger partial charge in [-0.2, -0.15) is 13.2 Å². The first-order chi connectivity index (χ1) is 23.3. The molecule has 3 amide bonds. The van der Waals surface area contributed by atoms with Crippen LogP contribution in [-0.2, 0) is 19.1 Å². The number of allylic oxidation sites excluding steroid dienone is 1. The van der Waals surface area contributed by atoms with Crippen molar-refractivity contribution in [3.8, 4) is 11.6 Å². The summed E-state index contributed by atoms with van der Waals surface area (Å²) in [7, 11) is 0. The van der Waals surface area contributed by atoms with Crippen molar-refractivity contribution in [3.63, 3.8) is 0 Å². The van der Waals surface area contributed by atoms with Crippen molar-refractivity contribution in [1.29, 1.82) is 0 Å². The number of hydrogen-bond donors (Lipinski definition) is 3. The van der Waals surface area contributed by atoms with Crippen molar-refractivity contribution >= 4 is 34.8 Å². The first-order valence-corrected chi connectivity index (χ1v) is 16.2. The summed E-state index contributed by atoms with van der Waals surface area (Å²) in [6.07, 6.45) is -2.36. The molecular weight excluding hydrogens is 656 g/mol. The van der Waals surface area contributed by atoms with Crippen LogP contribution in [0, 0.1) is 11.7 Å². The van der Waals surface area contributed by atoms with Crippen LogP contribution in [0.15, 0.2) is 36.4 Å². The van der Waals surface area contributed by atoms with Crippen LogP contribution in [-0.4, -0.2) is 88.5 Å². The molecule has 0 spiro atoms. The largest absolute Gasteiger partial charge is 0.488 e. The highest BCUT2D eigenvalue weighted by molar-refractivity contribution is 5.95. The number of para-hydroxylation sites is 1. The first-order valence-electron chi connectivity index (χ1n) is 16.2. The van der Waals surface area contributed by atoms with Crippen LogP contribution in [0.4, 0.5) is 22.4 Å². The molecule has 1 aromatic carbocycles. The van der Waals surface area contributed by atoms with Gasteiger partial charge in [0.1, 0.15) is 41.4 Å². The van der Waals surface area contributed by atoms with E-state index in [0.29, 0.717) is 24.6 Å². The lowest BCUT2D eigenvalue weighted by molar-refractivity contribution is -0.145. The van der Waals surface area contributed by atoms with E-state index in [2.05, 4.69) is 15.6 Å². The Balaban J connectivity index is 1.40. The Bertz CT molecular complexity index is 1600. The van der Waals surface area contributed by atoms with Gasteiger partial charge < -0.3 is 34.9 Å². The number of carboxylic acid groups (broad SMARTS) is 1. The minimum atomic E-state index is -4.52. The zero-order chi connectivity index (χ0) is 35.3. The maximum atomic E-state index is 14.7. The quantitative estimate of drug-likeness (QED) is 0.265. The van der Waals surface area contributed by atoms with E-state index in [-0.39, 0.29) is 56.0 Å². The standard InChI is InChI=1S/C33H38F4N4O8/c1-2-47-26-16-25(22-10-7-11-23(34)28(22)39-26)49-21-15-24-29(43)40-32(30(44)45)17-19(32)8-5-3-4-6-9-20(14-27(42)41(24)18-21)38-31(46)48-13-12-33(35,36)37/h5,7-8,10-11,16,19-21,24H,2-4,6,9,12-15,17-18H2,1H3,(H,38,46)(H,40,43)(H,44,45)/b8-5-/t19-,20-,21+,24-,32+/m0/s1. The fraction of sp³-hybridized carbons (Fsp3) is 0.545. The van der Waals surface area contributed by atoms with Crippen LogP contribution in [0.2, 0.25) is 0 Å². The highest BCUT2D eigenvalue weighted by atomic mass is 19.4. The van der Waals surface area contributed by atoms with Crippen molar-refractivity contribution in [1.82, 2.24) is 20.5 Å². The van der Waals surface area contributed by atoms with Gasteiger partial charge in [-0.15, -0.1) is 0 Å². The molecule has 5 atom stereocenters. The number of alkyl carbamates (subject to hydrolysis) is 1. The molecule has 2 aliphatic heterocycles. The number of carboxylic acids is 1. The van der Waals surface area contributed by atoms with Gasteiger partial charge in [0.05, 0.1) is 19.6 Å². The van der Waals surface area contributed by atoms with Crippen molar-refractivity contribution < 1.29 is 56.1 Å². The van der Waals surface area contributed by atoms with E-state index >= 15 is 0 Å². The van der Waals surface area contributed by atoms with Crippen LogP contribution in [0.1, 0.15) is 58.3 Å². The molecule has 16 heteroatoms. The van der Waals surface area contributed by atoms with Crippen molar-refractivity contribution in [2.24, 2.45) is 5.92 Å². The fourth-order valence-electron chi connectivity index (χ4n) is 6.27. The van der Waals surface area contributed by atoms with E-state index in [9.17, 15) is 41.8 Å². The Labute approximate surface area is 279 Å². The summed E-state index contributed by atoms with van der Waals surface area (Å²) in [6.45, 7) is 0.965. The number of amides is 3. The summed E-state index contributed by atoms with van der Waals surface area (Å²) in [5, 5.41) is 15.5. The Hall–Kier alpha value is -4.63. The van der Waals surface area contributed by atoms with E-state index in [1.54, 1.807) is 19.1 Å². The minimum absolute atomic E-state index is 0.00243. The molecule has 3 aliphatic rings. The first kappa shape index (κ1) is 35.7. The fourth-order valence-corrected chi connectivity index (χ4v) is 6.27.